The van der Waals surface area contributed by atoms with Crippen molar-refractivity contribution in [2.75, 3.05) is 32.5 Å². The molecule has 2 rings (SSSR count). The number of aromatic carboxylic acids is 1. The van der Waals surface area contributed by atoms with Gasteiger partial charge in [0.1, 0.15) is 0 Å². The molecule has 1 heterocycles. The summed E-state index contributed by atoms with van der Waals surface area (Å²) in [6.07, 6.45) is 0. The fourth-order valence-corrected chi connectivity index (χ4v) is 2.76. The Balaban J connectivity index is 2.08. The number of amides is 2. The molecule has 1 fully saturated rings. The Morgan fingerprint density at radius 2 is 1.95 bits per heavy atom. The number of urea groups is 1. The summed E-state index contributed by atoms with van der Waals surface area (Å²) in [6, 6.07) is 6.50. The molecule has 2 N–H and O–H groups in total. The van der Waals surface area contributed by atoms with Crippen LogP contribution in [0.1, 0.15) is 17.3 Å². The van der Waals surface area contributed by atoms with Gasteiger partial charge in [0, 0.05) is 19.1 Å². The third kappa shape index (κ3) is 3.33. The molecule has 2 atom stereocenters. The number of carboxylic acid groups (broad SMARTS) is 1. The van der Waals surface area contributed by atoms with E-state index in [1.165, 1.54) is 6.07 Å². The quantitative estimate of drug-likeness (QED) is 0.890. The smallest absolute Gasteiger partial charge is 0.337 e. The van der Waals surface area contributed by atoms with Crippen LogP contribution in [0.2, 0.25) is 0 Å². The van der Waals surface area contributed by atoms with E-state index in [0.29, 0.717) is 30.7 Å². The van der Waals surface area contributed by atoms with Crippen molar-refractivity contribution in [1.82, 2.24) is 9.80 Å². The Hall–Kier alpha value is -2.08. The second-order valence-electron chi connectivity index (χ2n) is 5.69. The van der Waals surface area contributed by atoms with E-state index in [9.17, 15) is 9.59 Å². The molecule has 1 saturated heterocycles. The number of hydrogen-bond acceptors (Lipinski definition) is 3. The maximum atomic E-state index is 12.3. The molecule has 6 nitrogen and oxygen atoms in total. The molecular formula is C15H21N3O3. The Bertz CT molecular complexity index is 545. The number of nitrogens with zero attached hydrogens (tertiary/aromatic N) is 2. The molecular weight excluding hydrogens is 270 g/mol. The maximum Gasteiger partial charge on any atom is 0.337 e. The maximum absolute atomic E-state index is 12.3. The molecule has 2 amide bonds. The minimum Gasteiger partial charge on any atom is -0.478 e. The molecule has 6 heteroatoms. The van der Waals surface area contributed by atoms with Gasteiger partial charge in [-0.2, -0.15) is 0 Å². The SMILES string of the molecule is CC1CN(C(=O)Nc2ccccc2C(=O)O)CC1N(C)C. The highest BCUT2D eigenvalue weighted by Crippen LogP contribution is 2.22. The van der Waals surface area contributed by atoms with Gasteiger partial charge in [0.15, 0.2) is 0 Å². The van der Waals surface area contributed by atoms with Crippen LogP contribution in [0.15, 0.2) is 24.3 Å². The van der Waals surface area contributed by atoms with Gasteiger partial charge >= 0.3 is 12.0 Å². The predicted molar refractivity (Wildman–Crippen MR) is 80.6 cm³/mol. The molecule has 0 aromatic heterocycles. The van der Waals surface area contributed by atoms with E-state index in [4.69, 9.17) is 5.11 Å². The van der Waals surface area contributed by atoms with Gasteiger partial charge in [-0.1, -0.05) is 19.1 Å². The van der Waals surface area contributed by atoms with E-state index in [2.05, 4.69) is 17.1 Å². The first-order chi connectivity index (χ1) is 9.90. The number of hydrogen-bond donors (Lipinski definition) is 2. The van der Waals surface area contributed by atoms with E-state index in [1.54, 1.807) is 23.1 Å². The summed E-state index contributed by atoms with van der Waals surface area (Å²) in [5, 5.41) is 11.8. The zero-order chi connectivity index (χ0) is 15.6. The third-order valence-electron chi connectivity index (χ3n) is 3.92. The first-order valence-corrected chi connectivity index (χ1v) is 6.95. The van der Waals surface area contributed by atoms with E-state index >= 15 is 0 Å². The molecule has 0 bridgehead atoms. The van der Waals surface area contributed by atoms with Gasteiger partial charge in [-0.3, -0.25) is 0 Å². The van der Waals surface area contributed by atoms with Crippen LogP contribution in [0.25, 0.3) is 0 Å². The first kappa shape index (κ1) is 15.3. The lowest BCUT2D eigenvalue weighted by Crippen LogP contribution is -2.37. The predicted octanol–water partition coefficient (Wildman–Crippen LogP) is 1.80. The summed E-state index contributed by atoms with van der Waals surface area (Å²) in [5.41, 5.74) is 0.429. The fraction of sp³-hybridized carbons (Fsp3) is 0.467. The van der Waals surface area contributed by atoms with Crippen LogP contribution < -0.4 is 5.32 Å². The number of rotatable bonds is 3. The first-order valence-electron chi connectivity index (χ1n) is 6.95. The molecule has 1 aliphatic rings. The average Bonchev–Trinajstić information content (AvgIpc) is 2.81. The number of nitrogens with one attached hydrogen (secondary N) is 1. The molecule has 0 aliphatic carbocycles. The largest absolute Gasteiger partial charge is 0.478 e. The van der Waals surface area contributed by atoms with Gasteiger partial charge in [0.05, 0.1) is 11.3 Å². The third-order valence-corrected chi connectivity index (χ3v) is 3.92. The number of anilines is 1. The molecule has 0 spiro atoms. The molecule has 1 aromatic rings. The second-order valence-corrected chi connectivity index (χ2v) is 5.69. The van der Waals surface area contributed by atoms with Crippen molar-refractivity contribution in [2.45, 2.75) is 13.0 Å². The van der Waals surface area contributed by atoms with Crippen molar-refractivity contribution in [3.63, 3.8) is 0 Å². The Morgan fingerprint density at radius 1 is 1.29 bits per heavy atom. The van der Waals surface area contributed by atoms with Crippen molar-refractivity contribution in [2.24, 2.45) is 5.92 Å². The average molecular weight is 291 g/mol. The van der Waals surface area contributed by atoms with Crippen LogP contribution >= 0.6 is 0 Å². The summed E-state index contributed by atoms with van der Waals surface area (Å²) in [5.74, 6) is -0.660. The van der Waals surface area contributed by atoms with Crippen molar-refractivity contribution in [3.8, 4) is 0 Å². The Labute approximate surface area is 124 Å². The molecule has 0 radical (unpaired) electrons. The molecule has 1 aromatic carbocycles. The van der Waals surface area contributed by atoms with Gasteiger partial charge in [-0.05, 0) is 32.1 Å². The van der Waals surface area contributed by atoms with E-state index in [-0.39, 0.29) is 11.6 Å². The van der Waals surface area contributed by atoms with Crippen LogP contribution in [-0.4, -0.2) is 60.1 Å². The number of carbonyl (C=O) groups excluding carboxylic acids is 1. The molecule has 114 valence electrons. The molecule has 2 unspecified atom stereocenters. The number of para-hydroxylation sites is 1. The van der Waals surface area contributed by atoms with Gasteiger partial charge < -0.3 is 20.2 Å². The number of likely N-dealkylation sites (N-methyl/N-ethyl adjacent to an activating group) is 1. The van der Waals surface area contributed by atoms with Crippen molar-refractivity contribution in [1.29, 1.82) is 0 Å². The minimum absolute atomic E-state index is 0.0993. The highest BCUT2D eigenvalue weighted by molar-refractivity contribution is 6.00. The summed E-state index contributed by atoms with van der Waals surface area (Å²) in [6.45, 7) is 3.43. The highest BCUT2D eigenvalue weighted by Gasteiger charge is 2.33. The molecule has 21 heavy (non-hydrogen) atoms. The lowest BCUT2D eigenvalue weighted by molar-refractivity contribution is 0.0698. The van der Waals surface area contributed by atoms with Crippen LogP contribution in [-0.2, 0) is 0 Å². The van der Waals surface area contributed by atoms with Gasteiger partial charge in [0.25, 0.3) is 0 Å². The summed E-state index contributed by atoms with van der Waals surface area (Å²) in [7, 11) is 4.00. The van der Waals surface area contributed by atoms with Crippen LogP contribution in [0.3, 0.4) is 0 Å². The highest BCUT2D eigenvalue weighted by atomic mass is 16.4. The topological polar surface area (TPSA) is 72.9 Å². The van der Waals surface area contributed by atoms with Crippen molar-refractivity contribution < 1.29 is 14.7 Å². The summed E-state index contributed by atoms with van der Waals surface area (Å²) >= 11 is 0. The van der Waals surface area contributed by atoms with Crippen LogP contribution in [0.5, 0.6) is 0 Å². The van der Waals surface area contributed by atoms with Crippen LogP contribution in [0, 0.1) is 5.92 Å². The van der Waals surface area contributed by atoms with Gasteiger partial charge in [0.2, 0.25) is 0 Å². The summed E-state index contributed by atoms with van der Waals surface area (Å²) in [4.78, 5) is 27.3. The number of carbonyl (C=O) groups is 2. The lowest BCUT2D eigenvalue weighted by Gasteiger charge is -2.22. The van der Waals surface area contributed by atoms with E-state index in [1.807, 2.05) is 14.1 Å². The lowest BCUT2D eigenvalue weighted by atomic mass is 10.1. The molecule has 1 aliphatic heterocycles. The zero-order valence-electron chi connectivity index (χ0n) is 12.5. The molecule has 0 saturated carbocycles. The fourth-order valence-electron chi connectivity index (χ4n) is 2.76. The standard InChI is InChI=1S/C15H21N3O3/c1-10-8-18(9-13(10)17(2)3)15(21)16-12-7-5-4-6-11(12)14(19)20/h4-7,10,13H,8-9H2,1-3H3,(H,16,21)(H,19,20). The van der Waals surface area contributed by atoms with Gasteiger partial charge in [-0.15, -0.1) is 0 Å². The van der Waals surface area contributed by atoms with Crippen molar-refractivity contribution in [3.05, 3.63) is 29.8 Å². The second kappa shape index (κ2) is 6.13. The monoisotopic (exact) mass is 291 g/mol. The zero-order valence-corrected chi connectivity index (χ0v) is 12.5. The number of benzene rings is 1. The number of carboxylic acids is 1. The minimum atomic E-state index is -1.05. The van der Waals surface area contributed by atoms with Crippen LogP contribution in [0.4, 0.5) is 10.5 Å². The van der Waals surface area contributed by atoms with E-state index < -0.39 is 5.97 Å². The number of likely N-dealkylation sites (tertiary alicyclic amines) is 1. The Kier molecular flexibility index (Phi) is 4.47. The summed E-state index contributed by atoms with van der Waals surface area (Å²) < 4.78 is 0. The van der Waals surface area contributed by atoms with Gasteiger partial charge in [-0.25, -0.2) is 9.59 Å². The van der Waals surface area contributed by atoms with E-state index in [0.717, 1.165) is 0 Å². The Morgan fingerprint density at radius 3 is 2.52 bits per heavy atom. The van der Waals surface area contributed by atoms with Crippen molar-refractivity contribution >= 4 is 17.7 Å². The normalized spacial score (nSPS) is 21.6.